The second-order valence-electron chi connectivity index (χ2n) is 2.02. The van der Waals surface area contributed by atoms with Gasteiger partial charge in [0, 0.05) is 18.6 Å². The van der Waals surface area contributed by atoms with Gasteiger partial charge in [-0.3, -0.25) is 4.40 Å². The van der Waals surface area contributed by atoms with E-state index in [9.17, 15) is 0 Å². The van der Waals surface area contributed by atoms with Crippen molar-refractivity contribution in [3.8, 4) is 0 Å². The lowest BCUT2D eigenvalue weighted by atomic mass is 10.6. The van der Waals surface area contributed by atoms with Gasteiger partial charge in [-0.2, -0.15) is 0 Å². The summed E-state index contributed by atoms with van der Waals surface area (Å²) >= 11 is 0. The highest BCUT2D eigenvalue weighted by molar-refractivity contribution is 5.85. The van der Waals surface area contributed by atoms with Crippen molar-refractivity contribution in [1.82, 2.24) is 14.4 Å². The number of aromatic nitrogens is 3. The van der Waals surface area contributed by atoms with Crippen molar-refractivity contribution in [2.75, 3.05) is 5.73 Å². The van der Waals surface area contributed by atoms with Crippen LogP contribution in [0.1, 0.15) is 0 Å². The molecule has 0 fully saturated rings. The van der Waals surface area contributed by atoms with Crippen molar-refractivity contribution >= 4 is 23.9 Å². The summed E-state index contributed by atoms with van der Waals surface area (Å²) in [4.78, 5) is 7.92. The lowest BCUT2D eigenvalue weighted by Crippen LogP contribution is -1.91. The Morgan fingerprint density at radius 3 is 3.00 bits per heavy atom. The summed E-state index contributed by atoms with van der Waals surface area (Å²) in [7, 11) is 0. The number of rotatable bonds is 0. The molecule has 0 aromatic carbocycles. The van der Waals surface area contributed by atoms with E-state index in [4.69, 9.17) is 5.73 Å². The van der Waals surface area contributed by atoms with E-state index in [1.54, 1.807) is 29.2 Å². The van der Waals surface area contributed by atoms with Crippen LogP contribution in [0.2, 0.25) is 0 Å². The maximum atomic E-state index is 5.47. The molecule has 0 saturated carbocycles. The summed E-state index contributed by atoms with van der Waals surface area (Å²) < 4.78 is 1.77. The second kappa shape index (κ2) is 2.75. The number of fused-ring (bicyclic) bond motifs is 1. The molecule has 2 N–H and O–H groups in total. The lowest BCUT2D eigenvalue weighted by molar-refractivity contribution is 1.11. The first-order valence-corrected chi connectivity index (χ1v) is 2.90. The number of nitrogen functional groups attached to an aromatic ring is 1. The molecular weight excluding hydrogens is 164 g/mol. The molecule has 0 aliphatic rings. The third-order valence-corrected chi connectivity index (χ3v) is 1.27. The van der Waals surface area contributed by atoms with Gasteiger partial charge < -0.3 is 5.73 Å². The monoisotopic (exact) mass is 170 g/mol. The van der Waals surface area contributed by atoms with Crippen molar-refractivity contribution < 1.29 is 0 Å². The molecule has 58 valence electrons. The molecular formula is C6H7ClN4. The van der Waals surface area contributed by atoms with Crippen molar-refractivity contribution in [2.45, 2.75) is 0 Å². The van der Waals surface area contributed by atoms with Crippen LogP contribution in [0.3, 0.4) is 0 Å². The summed E-state index contributed by atoms with van der Waals surface area (Å²) in [5.74, 6) is 0.675. The van der Waals surface area contributed by atoms with Gasteiger partial charge in [0.25, 0.3) is 0 Å². The average molecular weight is 171 g/mol. The fourth-order valence-electron chi connectivity index (χ4n) is 0.832. The van der Waals surface area contributed by atoms with Crippen molar-refractivity contribution in [3.63, 3.8) is 0 Å². The number of imidazole rings is 1. The van der Waals surface area contributed by atoms with Gasteiger partial charge in [0.2, 0.25) is 5.78 Å². The van der Waals surface area contributed by atoms with Crippen LogP contribution in [0.15, 0.2) is 24.8 Å². The summed E-state index contributed by atoms with van der Waals surface area (Å²) in [6.45, 7) is 0. The maximum Gasteiger partial charge on any atom is 0.233 e. The Morgan fingerprint density at radius 1 is 1.36 bits per heavy atom. The Hall–Kier alpha value is -1.29. The molecule has 0 aliphatic heterocycles. The minimum absolute atomic E-state index is 0. The van der Waals surface area contributed by atoms with E-state index in [1.807, 2.05) is 0 Å². The van der Waals surface area contributed by atoms with E-state index in [0.717, 1.165) is 0 Å². The Morgan fingerprint density at radius 2 is 2.18 bits per heavy atom. The highest BCUT2D eigenvalue weighted by Gasteiger charge is 1.91. The average Bonchev–Trinajstić information content (AvgIpc) is 2.33. The van der Waals surface area contributed by atoms with Crippen LogP contribution in [-0.2, 0) is 0 Å². The number of anilines is 1. The van der Waals surface area contributed by atoms with E-state index >= 15 is 0 Å². The Kier molecular flexibility index (Phi) is 1.96. The van der Waals surface area contributed by atoms with Gasteiger partial charge in [-0.05, 0) is 0 Å². The number of hydrogen-bond donors (Lipinski definition) is 1. The lowest BCUT2D eigenvalue weighted by Gasteiger charge is -1.92. The molecule has 11 heavy (non-hydrogen) atoms. The normalized spacial score (nSPS) is 9.45. The molecule has 2 aromatic heterocycles. The molecule has 4 nitrogen and oxygen atoms in total. The minimum Gasteiger partial charge on any atom is -0.396 e. The van der Waals surface area contributed by atoms with Gasteiger partial charge >= 0.3 is 0 Å². The van der Waals surface area contributed by atoms with Gasteiger partial charge in [0.1, 0.15) is 0 Å². The van der Waals surface area contributed by atoms with Crippen LogP contribution in [0, 0.1) is 0 Å². The van der Waals surface area contributed by atoms with Crippen molar-refractivity contribution in [1.29, 1.82) is 0 Å². The smallest absolute Gasteiger partial charge is 0.233 e. The van der Waals surface area contributed by atoms with Gasteiger partial charge in [-0.25, -0.2) is 9.97 Å². The minimum atomic E-state index is 0. The topological polar surface area (TPSA) is 56.2 Å². The zero-order chi connectivity index (χ0) is 6.97. The molecule has 0 amide bonds. The predicted molar refractivity (Wildman–Crippen MR) is 44.6 cm³/mol. The second-order valence-corrected chi connectivity index (χ2v) is 2.02. The molecule has 0 bridgehead atoms. The standard InChI is InChI=1S/C6H6N4.ClH/c7-5-3-9-6-8-1-2-10(6)4-5;/h1-4H,7H2;1H. The van der Waals surface area contributed by atoms with E-state index in [1.165, 1.54) is 0 Å². The molecule has 2 heterocycles. The van der Waals surface area contributed by atoms with Crippen LogP contribution in [0.5, 0.6) is 0 Å². The van der Waals surface area contributed by atoms with Gasteiger partial charge in [0.05, 0.1) is 11.9 Å². The van der Waals surface area contributed by atoms with Crippen molar-refractivity contribution in [3.05, 3.63) is 24.8 Å². The molecule has 0 unspecified atom stereocenters. The zero-order valence-corrected chi connectivity index (χ0v) is 6.45. The molecule has 2 rings (SSSR count). The van der Waals surface area contributed by atoms with E-state index in [-0.39, 0.29) is 12.4 Å². The maximum absolute atomic E-state index is 5.47. The first-order chi connectivity index (χ1) is 4.86. The third-order valence-electron chi connectivity index (χ3n) is 1.27. The highest BCUT2D eigenvalue weighted by Crippen LogP contribution is 2.00. The zero-order valence-electron chi connectivity index (χ0n) is 5.64. The van der Waals surface area contributed by atoms with Gasteiger partial charge in [-0.15, -0.1) is 12.4 Å². The third kappa shape index (κ3) is 1.25. The number of hydrogen-bond acceptors (Lipinski definition) is 3. The van der Waals surface area contributed by atoms with Crippen LogP contribution < -0.4 is 5.73 Å². The largest absolute Gasteiger partial charge is 0.396 e. The van der Waals surface area contributed by atoms with Crippen LogP contribution >= 0.6 is 12.4 Å². The van der Waals surface area contributed by atoms with Crippen LogP contribution in [0.4, 0.5) is 5.69 Å². The molecule has 0 aliphatic carbocycles. The fraction of sp³-hybridized carbons (Fsp3) is 0. The number of halogens is 1. The summed E-state index contributed by atoms with van der Waals surface area (Å²) in [5, 5.41) is 0. The van der Waals surface area contributed by atoms with Crippen LogP contribution in [-0.4, -0.2) is 14.4 Å². The van der Waals surface area contributed by atoms with E-state index in [2.05, 4.69) is 9.97 Å². The molecule has 0 spiro atoms. The Balaban J connectivity index is 0.000000605. The number of nitrogens with two attached hydrogens (primary N) is 1. The summed E-state index contributed by atoms with van der Waals surface area (Å²) in [6.07, 6.45) is 6.85. The van der Waals surface area contributed by atoms with E-state index < -0.39 is 0 Å². The Bertz CT molecular complexity index is 356. The SMILES string of the molecule is Cl.Nc1cnc2nccn2c1. The number of nitrogens with zero attached hydrogens (tertiary/aromatic N) is 3. The summed E-state index contributed by atoms with van der Waals surface area (Å²) in [6, 6.07) is 0. The molecule has 2 aromatic rings. The fourth-order valence-corrected chi connectivity index (χ4v) is 0.832. The molecule has 0 atom stereocenters. The Labute approximate surface area is 69.5 Å². The molecule has 0 radical (unpaired) electrons. The van der Waals surface area contributed by atoms with E-state index in [0.29, 0.717) is 11.5 Å². The van der Waals surface area contributed by atoms with Gasteiger partial charge in [-0.1, -0.05) is 0 Å². The molecule has 5 heteroatoms. The first kappa shape index (κ1) is 7.81. The van der Waals surface area contributed by atoms with Gasteiger partial charge in [0.15, 0.2) is 0 Å². The van der Waals surface area contributed by atoms with Crippen LogP contribution in [0.25, 0.3) is 5.78 Å². The van der Waals surface area contributed by atoms with Crippen molar-refractivity contribution in [2.24, 2.45) is 0 Å². The highest BCUT2D eigenvalue weighted by atomic mass is 35.5. The first-order valence-electron chi connectivity index (χ1n) is 2.90. The summed E-state index contributed by atoms with van der Waals surface area (Å²) in [5.41, 5.74) is 6.12. The molecule has 0 saturated heterocycles. The predicted octanol–water partition coefficient (Wildman–Crippen LogP) is 0.733. The quantitative estimate of drug-likeness (QED) is 0.634.